The second-order valence-electron chi connectivity index (χ2n) is 4.71. The van der Waals surface area contributed by atoms with E-state index in [1.165, 1.54) is 4.88 Å². The van der Waals surface area contributed by atoms with Gasteiger partial charge in [-0.2, -0.15) is 0 Å². The predicted molar refractivity (Wildman–Crippen MR) is 73.0 cm³/mol. The molecule has 0 bridgehead atoms. The van der Waals surface area contributed by atoms with E-state index in [-0.39, 0.29) is 12.1 Å². The van der Waals surface area contributed by atoms with E-state index in [9.17, 15) is 0 Å². The minimum absolute atomic E-state index is 0.105. The highest BCUT2D eigenvalue weighted by molar-refractivity contribution is 7.18. The molecule has 2 heterocycles. The Labute approximate surface area is 110 Å². The van der Waals surface area contributed by atoms with Crippen LogP contribution in [-0.4, -0.2) is 22.1 Å². The molecule has 0 spiro atoms. The average Bonchev–Trinajstić information content (AvgIpc) is 2.96. The van der Waals surface area contributed by atoms with Gasteiger partial charge in [-0.15, -0.1) is 11.3 Å². The summed E-state index contributed by atoms with van der Waals surface area (Å²) in [7, 11) is 0. The Morgan fingerprint density at radius 2 is 2.33 bits per heavy atom. The second kappa shape index (κ2) is 4.82. The van der Waals surface area contributed by atoms with E-state index < -0.39 is 0 Å². The molecule has 18 heavy (non-hydrogen) atoms. The summed E-state index contributed by atoms with van der Waals surface area (Å²) in [6, 6.07) is 2.27. The third-order valence-corrected chi connectivity index (χ3v) is 4.65. The van der Waals surface area contributed by atoms with Crippen molar-refractivity contribution in [2.75, 3.05) is 0 Å². The molecular formula is C13H17N3OS. The van der Waals surface area contributed by atoms with Crippen LogP contribution in [0.4, 0.5) is 0 Å². The maximum absolute atomic E-state index is 6.04. The van der Waals surface area contributed by atoms with Gasteiger partial charge in [0.25, 0.3) is 0 Å². The summed E-state index contributed by atoms with van der Waals surface area (Å²) in [5, 5.41) is 1.03. The molecule has 0 aliphatic heterocycles. The van der Waals surface area contributed by atoms with E-state index in [2.05, 4.69) is 23.0 Å². The first-order chi connectivity index (χ1) is 8.78. The Morgan fingerprint density at radius 3 is 3.06 bits per heavy atom. The summed E-state index contributed by atoms with van der Waals surface area (Å²) < 4.78 is 5.99. The molecule has 1 aliphatic rings. The van der Waals surface area contributed by atoms with Gasteiger partial charge in [0.1, 0.15) is 17.3 Å². The lowest BCUT2D eigenvalue weighted by molar-refractivity contribution is 0.186. The highest BCUT2D eigenvalue weighted by Gasteiger charge is 2.26. The van der Waals surface area contributed by atoms with E-state index in [4.69, 9.17) is 10.5 Å². The molecule has 96 valence electrons. The van der Waals surface area contributed by atoms with Crippen LogP contribution in [-0.2, 0) is 6.42 Å². The third-order valence-electron chi connectivity index (χ3n) is 3.46. The Morgan fingerprint density at radius 1 is 1.44 bits per heavy atom. The molecule has 1 aliphatic carbocycles. The molecule has 4 nitrogen and oxygen atoms in total. The number of nitrogens with two attached hydrogens (primary N) is 1. The van der Waals surface area contributed by atoms with Crippen LogP contribution in [0.5, 0.6) is 5.88 Å². The SMILES string of the molecule is CCc1cc2c(OC3CCCC3N)ncnc2s1. The summed E-state index contributed by atoms with van der Waals surface area (Å²) in [6.45, 7) is 2.14. The molecule has 0 aromatic carbocycles. The fourth-order valence-electron chi connectivity index (χ4n) is 2.40. The van der Waals surface area contributed by atoms with Crippen molar-refractivity contribution in [2.45, 2.75) is 44.8 Å². The van der Waals surface area contributed by atoms with Gasteiger partial charge in [0.15, 0.2) is 0 Å². The molecule has 2 aromatic rings. The van der Waals surface area contributed by atoms with Crippen LogP contribution in [0.3, 0.4) is 0 Å². The summed E-state index contributed by atoms with van der Waals surface area (Å²) in [4.78, 5) is 10.9. The standard InChI is InChI=1S/C13H17N3OS/c1-2-8-6-9-12(15-7-16-13(9)18-8)17-11-5-3-4-10(11)14/h6-7,10-11H,2-5,14H2,1H3. The number of thiophene rings is 1. The first-order valence-corrected chi connectivity index (χ1v) is 7.25. The molecule has 3 rings (SSSR count). The van der Waals surface area contributed by atoms with Crippen LogP contribution in [0.25, 0.3) is 10.2 Å². The zero-order valence-corrected chi connectivity index (χ0v) is 11.2. The first-order valence-electron chi connectivity index (χ1n) is 6.43. The quantitative estimate of drug-likeness (QED) is 0.924. The van der Waals surface area contributed by atoms with Gasteiger partial charge < -0.3 is 10.5 Å². The van der Waals surface area contributed by atoms with E-state index in [1.54, 1.807) is 17.7 Å². The summed E-state index contributed by atoms with van der Waals surface area (Å²) in [5.74, 6) is 0.693. The predicted octanol–water partition coefficient (Wildman–Crippen LogP) is 2.51. The number of aromatic nitrogens is 2. The van der Waals surface area contributed by atoms with Gasteiger partial charge in [-0.1, -0.05) is 6.92 Å². The van der Waals surface area contributed by atoms with Crippen LogP contribution in [0.2, 0.25) is 0 Å². The van der Waals surface area contributed by atoms with Gasteiger partial charge >= 0.3 is 0 Å². The fraction of sp³-hybridized carbons (Fsp3) is 0.538. The zero-order valence-electron chi connectivity index (χ0n) is 10.4. The van der Waals surface area contributed by atoms with E-state index >= 15 is 0 Å². The second-order valence-corrected chi connectivity index (χ2v) is 5.83. The van der Waals surface area contributed by atoms with Gasteiger partial charge in [0.05, 0.1) is 5.39 Å². The number of hydrogen-bond donors (Lipinski definition) is 1. The van der Waals surface area contributed by atoms with Crippen LogP contribution in [0.15, 0.2) is 12.4 Å². The molecule has 2 aromatic heterocycles. The smallest absolute Gasteiger partial charge is 0.225 e. The summed E-state index contributed by atoms with van der Waals surface area (Å²) in [5.41, 5.74) is 6.04. The number of hydrogen-bond acceptors (Lipinski definition) is 5. The highest BCUT2D eigenvalue weighted by Crippen LogP contribution is 2.32. The van der Waals surface area contributed by atoms with E-state index in [0.29, 0.717) is 5.88 Å². The minimum Gasteiger partial charge on any atom is -0.472 e. The molecule has 2 unspecified atom stereocenters. The van der Waals surface area contributed by atoms with Crippen LogP contribution in [0, 0.1) is 0 Å². The lowest BCUT2D eigenvalue weighted by Crippen LogP contribution is -2.33. The average molecular weight is 263 g/mol. The van der Waals surface area contributed by atoms with Crippen LogP contribution >= 0.6 is 11.3 Å². The van der Waals surface area contributed by atoms with Crippen molar-refractivity contribution in [2.24, 2.45) is 5.73 Å². The maximum atomic E-state index is 6.04. The third kappa shape index (κ3) is 2.08. The van der Waals surface area contributed by atoms with Crippen molar-refractivity contribution in [3.8, 4) is 5.88 Å². The monoisotopic (exact) mass is 263 g/mol. The maximum Gasteiger partial charge on any atom is 0.225 e. The fourth-order valence-corrected chi connectivity index (χ4v) is 3.32. The molecule has 0 radical (unpaired) electrons. The zero-order chi connectivity index (χ0) is 12.5. The van der Waals surface area contributed by atoms with Crippen molar-refractivity contribution >= 4 is 21.6 Å². The Bertz CT molecular complexity index is 554. The molecule has 1 fully saturated rings. The molecule has 1 saturated carbocycles. The van der Waals surface area contributed by atoms with E-state index in [1.807, 2.05) is 0 Å². The van der Waals surface area contributed by atoms with E-state index in [0.717, 1.165) is 35.9 Å². The van der Waals surface area contributed by atoms with Gasteiger partial charge in [-0.25, -0.2) is 9.97 Å². The lowest BCUT2D eigenvalue weighted by Gasteiger charge is -2.17. The topological polar surface area (TPSA) is 61.0 Å². The Hall–Kier alpha value is -1.20. The van der Waals surface area contributed by atoms with Gasteiger partial charge in [-0.05, 0) is 31.7 Å². The van der Waals surface area contributed by atoms with Gasteiger partial charge in [0, 0.05) is 10.9 Å². The number of fused-ring (bicyclic) bond motifs is 1. The molecule has 2 N–H and O–H groups in total. The van der Waals surface area contributed by atoms with Gasteiger partial charge in [0.2, 0.25) is 5.88 Å². The Kier molecular flexibility index (Phi) is 3.18. The molecule has 0 amide bonds. The highest BCUT2D eigenvalue weighted by atomic mass is 32.1. The van der Waals surface area contributed by atoms with Crippen molar-refractivity contribution in [3.63, 3.8) is 0 Å². The van der Waals surface area contributed by atoms with Crippen molar-refractivity contribution < 1.29 is 4.74 Å². The first kappa shape index (κ1) is 11.9. The van der Waals surface area contributed by atoms with Gasteiger partial charge in [-0.3, -0.25) is 0 Å². The normalized spacial score (nSPS) is 23.7. The molecular weight excluding hydrogens is 246 g/mol. The summed E-state index contributed by atoms with van der Waals surface area (Å²) in [6.07, 6.45) is 5.91. The summed E-state index contributed by atoms with van der Waals surface area (Å²) >= 11 is 1.71. The van der Waals surface area contributed by atoms with Crippen molar-refractivity contribution in [1.82, 2.24) is 9.97 Å². The van der Waals surface area contributed by atoms with Crippen LogP contribution in [0.1, 0.15) is 31.1 Å². The molecule has 2 atom stereocenters. The lowest BCUT2D eigenvalue weighted by atomic mass is 10.2. The number of rotatable bonds is 3. The molecule has 0 saturated heterocycles. The van der Waals surface area contributed by atoms with Crippen LogP contribution < -0.4 is 10.5 Å². The number of aryl methyl sites for hydroxylation is 1. The molecule has 5 heteroatoms. The minimum atomic E-state index is 0.105. The largest absolute Gasteiger partial charge is 0.472 e. The Balaban J connectivity index is 1.93. The number of ether oxygens (including phenoxy) is 1. The van der Waals surface area contributed by atoms with Crippen molar-refractivity contribution in [3.05, 3.63) is 17.3 Å². The number of nitrogens with zero attached hydrogens (tertiary/aromatic N) is 2. The van der Waals surface area contributed by atoms with Crippen molar-refractivity contribution in [1.29, 1.82) is 0 Å².